The number of carbonyl (C=O) groups excluding carboxylic acids is 1. The number of benzene rings is 1. The lowest BCUT2D eigenvalue weighted by molar-refractivity contribution is -0.160. The second-order valence-corrected chi connectivity index (χ2v) is 10.6. The van der Waals surface area contributed by atoms with Crippen molar-refractivity contribution in [2.45, 2.75) is 58.6 Å². The minimum absolute atomic E-state index is 0.0352. The fourth-order valence-corrected chi connectivity index (χ4v) is 4.73. The van der Waals surface area contributed by atoms with Gasteiger partial charge in [-0.05, 0) is 69.9 Å². The van der Waals surface area contributed by atoms with Crippen LogP contribution in [0.5, 0.6) is 0 Å². The van der Waals surface area contributed by atoms with E-state index in [0.29, 0.717) is 41.8 Å². The summed E-state index contributed by atoms with van der Waals surface area (Å²) in [6.45, 7) is 6.52. The number of rotatable bonds is 8. The van der Waals surface area contributed by atoms with Crippen molar-refractivity contribution in [3.63, 3.8) is 0 Å². The molecule has 1 saturated carbocycles. The van der Waals surface area contributed by atoms with E-state index < -0.39 is 11.5 Å². The smallest absolute Gasteiger partial charge is 0.332 e. The lowest BCUT2D eigenvalue weighted by Gasteiger charge is -2.28. The van der Waals surface area contributed by atoms with Crippen LogP contribution in [0.15, 0.2) is 59.5 Å². The first-order chi connectivity index (χ1) is 17.7. The maximum Gasteiger partial charge on any atom is 0.332 e. The molecule has 2 aromatic heterocycles. The summed E-state index contributed by atoms with van der Waals surface area (Å²) >= 11 is 0. The van der Waals surface area contributed by atoms with Gasteiger partial charge in [0.05, 0.1) is 12.3 Å². The van der Waals surface area contributed by atoms with Gasteiger partial charge in [0.2, 0.25) is 5.95 Å². The molecule has 1 aliphatic rings. The molecule has 7 nitrogen and oxygen atoms in total. The van der Waals surface area contributed by atoms with Crippen LogP contribution in [-0.4, -0.2) is 39.5 Å². The summed E-state index contributed by atoms with van der Waals surface area (Å²) in [7, 11) is 0. The van der Waals surface area contributed by atoms with Crippen molar-refractivity contribution in [1.29, 1.82) is 0 Å². The van der Waals surface area contributed by atoms with Crippen LogP contribution in [0.1, 0.15) is 46.5 Å². The fraction of sp³-hybridized carbons (Fsp3) is 0.448. The quantitative estimate of drug-likeness (QED) is 0.305. The van der Waals surface area contributed by atoms with Crippen LogP contribution in [0.3, 0.4) is 0 Å². The summed E-state index contributed by atoms with van der Waals surface area (Å²) in [4.78, 5) is 28.5. The Labute approximate surface area is 216 Å². The van der Waals surface area contributed by atoms with Gasteiger partial charge in [-0.1, -0.05) is 30.3 Å². The second kappa shape index (κ2) is 11.8. The van der Waals surface area contributed by atoms with Gasteiger partial charge in [0.15, 0.2) is 0 Å². The molecule has 0 saturated heterocycles. The molecule has 1 fully saturated rings. The highest BCUT2D eigenvalue weighted by Gasteiger charge is 2.24. The van der Waals surface area contributed by atoms with Gasteiger partial charge in [-0.3, -0.25) is 4.79 Å². The zero-order valence-electron chi connectivity index (χ0n) is 21.7. The normalized spacial score (nSPS) is 17.9. The number of aromatic nitrogens is 3. The summed E-state index contributed by atoms with van der Waals surface area (Å²) in [6, 6.07) is 14.1. The van der Waals surface area contributed by atoms with Crippen molar-refractivity contribution in [3.05, 3.63) is 71.0 Å². The van der Waals surface area contributed by atoms with Gasteiger partial charge in [0.1, 0.15) is 12.2 Å². The van der Waals surface area contributed by atoms with Crippen molar-refractivity contribution in [1.82, 2.24) is 14.8 Å². The zero-order chi connectivity index (χ0) is 26.4. The molecule has 3 aromatic rings. The summed E-state index contributed by atoms with van der Waals surface area (Å²) in [6.07, 6.45) is 5.22. The number of hydrogen-bond donors (Lipinski definition) is 0. The van der Waals surface area contributed by atoms with E-state index in [9.17, 15) is 14.0 Å². The average molecular weight is 508 g/mol. The van der Waals surface area contributed by atoms with Crippen molar-refractivity contribution in [2.24, 2.45) is 11.8 Å². The van der Waals surface area contributed by atoms with Crippen LogP contribution in [0.4, 0.5) is 4.39 Å². The maximum atomic E-state index is 13.8. The van der Waals surface area contributed by atoms with Crippen LogP contribution in [-0.2, 0) is 20.8 Å². The van der Waals surface area contributed by atoms with Gasteiger partial charge in [0, 0.05) is 36.0 Å². The molecule has 37 heavy (non-hydrogen) atoms. The molecule has 2 heterocycles. The van der Waals surface area contributed by atoms with Gasteiger partial charge < -0.3 is 9.47 Å². The predicted molar refractivity (Wildman–Crippen MR) is 139 cm³/mol. The zero-order valence-corrected chi connectivity index (χ0v) is 21.7. The molecule has 0 radical (unpaired) electrons. The van der Waals surface area contributed by atoms with Crippen LogP contribution in [0.2, 0.25) is 0 Å². The third kappa shape index (κ3) is 7.55. The number of nitrogens with zero attached hydrogens (tertiary/aromatic N) is 3. The Bertz CT molecular complexity index is 1260. The molecular weight excluding hydrogens is 473 g/mol. The molecule has 4 rings (SSSR count). The summed E-state index contributed by atoms with van der Waals surface area (Å²) in [5.41, 5.74) is 1.91. The number of pyridine rings is 1. The number of ether oxygens (including phenoxy) is 2. The first kappa shape index (κ1) is 26.7. The molecule has 196 valence electrons. The van der Waals surface area contributed by atoms with E-state index in [1.54, 1.807) is 12.1 Å². The number of halogens is 1. The SMILES string of the molecule is CC(C)(C)OC(=O)COCC1CCC(Cn2nc(-c3ccccc3)c(-c3ccnc(F)c3)cc2=O)CC1. The Kier molecular flexibility index (Phi) is 8.48. The molecule has 1 aliphatic carbocycles. The van der Waals surface area contributed by atoms with Crippen LogP contribution < -0.4 is 5.56 Å². The molecule has 0 amide bonds. The van der Waals surface area contributed by atoms with Crippen LogP contribution >= 0.6 is 0 Å². The molecule has 0 spiro atoms. The van der Waals surface area contributed by atoms with Crippen molar-refractivity contribution >= 4 is 5.97 Å². The van der Waals surface area contributed by atoms with Crippen molar-refractivity contribution in [2.75, 3.05) is 13.2 Å². The monoisotopic (exact) mass is 507 g/mol. The van der Waals surface area contributed by atoms with Crippen LogP contribution in [0, 0.1) is 17.8 Å². The molecule has 0 aliphatic heterocycles. The Balaban J connectivity index is 1.41. The molecule has 0 N–H and O–H groups in total. The third-order valence-corrected chi connectivity index (χ3v) is 6.47. The van der Waals surface area contributed by atoms with E-state index in [0.717, 1.165) is 31.2 Å². The van der Waals surface area contributed by atoms with E-state index in [1.807, 2.05) is 51.1 Å². The van der Waals surface area contributed by atoms with Gasteiger partial charge in [-0.15, -0.1) is 0 Å². The minimum atomic E-state index is -0.604. The topological polar surface area (TPSA) is 83.3 Å². The largest absolute Gasteiger partial charge is 0.458 e. The lowest BCUT2D eigenvalue weighted by Crippen LogP contribution is -2.30. The first-order valence-electron chi connectivity index (χ1n) is 12.8. The van der Waals surface area contributed by atoms with Gasteiger partial charge in [-0.25, -0.2) is 14.5 Å². The fourth-order valence-electron chi connectivity index (χ4n) is 4.73. The van der Waals surface area contributed by atoms with E-state index in [-0.39, 0.29) is 18.1 Å². The Hall–Kier alpha value is -3.39. The molecule has 0 unspecified atom stereocenters. The summed E-state index contributed by atoms with van der Waals surface area (Å²) in [5, 5.41) is 4.75. The standard InChI is InChI=1S/C29H34FN3O4/c1-29(2,3)37-27(35)19-36-18-21-11-9-20(10-12-21)17-33-26(34)16-24(23-13-14-31-25(30)15-23)28(32-33)22-7-5-4-6-8-22/h4-8,13-16,20-21H,9-12,17-19H2,1-3H3. The van der Waals surface area contributed by atoms with Crippen molar-refractivity contribution in [3.8, 4) is 22.4 Å². The Morgan fingerprint density at radius 2 is 1.73 bits per heavy atom. The van der Waals surface area contributed by atoms with Gasteiger partial charge in [0.25, 0.3) is 5.56 Å². The highest BCUT2D eigenvalue weighted by Crippen LogP contribution is 2.32. The molecule has 0 atom stereocenters. The average Bonchev–Trinajstić information content (AvgIpc) is 2.85. The number of esters is 1. The summed E-state index contributed by atoms with van der Waals surface area (Å²) < 4.78 is 26.3. The van der Waals surface area contributed by atoms with Gasteiger partial charge >= 0.3 is 5.97 Å². The lowest BCUT2D eigenvalue weighted by atomic mass is 9.82. The molecular formula is C29H34FN3O4. The molecule has 8 heteroatoms. The van der Waals surface area contributed by atoms with E-state index in [2.05, 4.69) is 4.98 Å². The first-order valence-corrected chi connectivity index (χ1v) is 12.8. The minimum Gasteiger partial charge on any atom is -0.458 e. The maximum absolute atomic E-state index is 13.8. The highest BCUT2D eigenvalue weighted by atomic mass is 19.1. The van der Waals surface area contributed by atoms with E-state index >= 15 is 0 Å². The van der Waals surface area contributed by atoms with Gasteiger partial charge in [-0.2, -0.15) is 9.49 Å². The molecule has 1 aromatic carbocycles. The predicted octanol–water partition coefficient (Wildman–Crippen LogP) is 5.28. The highest BCUT2D eigenvalue weighted by molar-refractivity contribution is 5.79. The van der Waals surface area contributed by atoms with Crippen LogP contribution in [0.25, 0.3) is 22.4 Å². The van der Waals surface area contributed by atoms with E-state index in [1.165, 1.54) is 16.9 Å². The van der Waals surface area contributed by atoms with Crippen molar-refractivity contribution < 1.29 is 18.7 Å². The Morgan fingerprint density at radius 1 is 1.03 bits per heavy atom. The number of carbonyl (C=O) groups is 1. The number of hydrogen-bond acceptors (Lipinski definition) is 6. The van der Waals surface area contributed by atoms with E-state index in [4.69, 9.17) is 14.6 Å². The molecule has 0 bridgehead atoms. The third-order valence-electron chi connectivity index (χ3n) is 6.47. The summed E-state index contributed by atoms with van der Waals surface area (Å²) in [5.74, 6) is -0.251. The Morgan fingerprint density at radius 3 is 2.41 bits per heavy atom. The second-order valence-electron chi connectivity index (χ2n) is 10.6.